The van der Waals surface area contributed by atoms with Crippen molar-refractivity contribution in [3.63, 3.8) is 0 Å². The quantitative estimate of drug-likeness (QED) is 0.0106. The zero-order valence-corrected chi connectivity index (χ0v) is 55.3. The summed E-state index contributed by atoms with van der Waals surface area (Å²) >= 11 is 0. The second-order valence-electron chi connectivity index (χ2n) is 26.1. The number of rotatable bonds is 35. The number of aromatic nitrogens is 1. The van der Waals surface area contributed by atoms with Gasteiger partial charge in [-0.05, 0) is 192 Å². The number of allylic oxidation sites excluding steroid dienone is 3. The van der Waals surface area contributed by atoms with Gasteiger partial charge in [-0.3, -0.25) is 9.59 Å². The SMILES string of the molecule is [C-]#[N+]/C(=C/CCCCCCCCCC1(CCCCCCCCC/C=C(\C#N)OC=O)c2cc(C)ccc2-c2ccc(-c3ccc(N(c4ccc(-c5ccc6c(c5)c5ccccc5n6-c5ccc(CCCCCC)cc5)cc4)c4ccc(C(C)C)cc4)cc3)cc21)C(=O)O. The summed E-state index contributed by atoms with van der Waals surface area (Å²) in [5, 5.41) is 20.9. The second-order valence-corrected chi connectivity index (χ2v) is 26.1. The van der Waals surface area contributed by atoms with Crippen molar-refractivity contribution in [2.75, 3.05) is 4.90 Å². The number of aryl methyl sites for hydroxylation is 2. The van der Waals surface area contributed by atoms with Crippen LogP contribution in [0.2, 0.25) is 0 Å². The lowest BCUT2D eigenvalue weighted by atomic mass is 9.70. The molecule has 9 aromatic rings. The first-order chi connectivity index (χ1) is 45.5. The standard InChI is InChI=1S/C85H92N4O4/c1-6-7-8-21-28-64-34-44-73(45-35-64)89-82-32-25-24-30-77(82)78-58-68(43-54-83(78)89)66-38-48-71(49-39-66)88(70-46-36-65(37-47-70)62(2)3)72-50-40-67(41-51-72)69-42-53-76-75-52-33-63(4)57-79(75)85(80(76)59-69,55-26-19-15-11-9-13-17-22-29-74(60-86)93-61-90)56-27-20-16-12-10-14-18-23-31-81(87-5)84(91)92/h24-25,29-54,57-59,61-62H,6-23,26-28,55-56H2,1-4H3,(H,91,92)/b74-29+,81-31+. The molecule has 1 N–H and O–H groups in total. The van der Waals surface area contributed by atoms with Gasteiger partial charge in [0.15, 0.2) is 0 Å². The van der Waals surface area contributed by atoms with E-state index in [0.717, 1.165) is 113 Å². The molecule has 8 aromatic carbocycles. The molecule has 0 radical (unpaired) electrons. The van der Waals surface area contributed by atoms with Crippen LogP contribution < -0.4 is 4.90 Å². The zero-order valence-electron chi connectivity index (χ0n) is 55.3. The van der Waals surface area contributed by atoms with Crippen LogP contribution in [0.5, 0.6) is 0 Å². The van der Waals surface area contributed by atoms with E-state index in [1.54, 1.807) is 12.2 Å². The maximum absolute atomic E-state index is 11.3. The van der Waals surface area contributed by atoms with Crippen molar-refractivity contribution in [2.45, 2.75) is 187 Å². The highest BCUT2D eigenvalue weighted by Gasteiger charge is 2.42. The predicted molar refractivity (Wildman–Crippen MR) is 385 cm³/mol. The van der Waals surface area contributed by atoms with E-state index in [9.17, 15) is 20.0 Å². The summed E-state index contributed by atoms with van der Waals surface area (Å²) in [5.41, 5.74) is 21.1. The Morgan fingerprint density at radius 1 is 0.591 bits per heavy atom. The molecular formula is C85H92N4O4. The average molecular weight is 1230 g/mol. The van der Waals surface area contributed by atoms with Crippen LogP contribution in [0.3, 0.4) is 0 Å². The minimum absolute atomic E-state index is 0.0754. The molecule has 1 aliphatic rings. The number of hydrogen-bond acceptors (Lipinski definition) is 5. The number of anilines is 3. The van der Waals surface area contributed by atoms with Crippen LogP contribution in [0.25, 0.3) is 65.7 Å². The third kappa shape index (κ3) is 16.3. The van der Waals surface area contributed by atoms with Crippen molar-refractivity contribution >= 4 is 51.3 Å². The van der Waals surface area contributed by atoms with Crippen molar-refractivity contribution < 1.29 is 19.4 Å². The number of fused-ring (bicyclic) bond motifs is 6. The van der Waals surface area contributed by atoms with Crippen LogP contribution in [-0.4, -0.2) is 22.1 Å². The minimum Gasteiger partial charge on any atom is -0.486 e. The minimum atomic E-state index is -1.14. The van der Waals surface area contributed by atoms with E-state index in [-0.39, 0.29) is 16.9 Å². The van der Waals surface area contributed by atoms with Gasteiger partial charge in [0.2, 0.25) is 5.76 Å². The molecular weight excluding hydrogens is 1140 g/mol. The van der Waals surface area contributed by atoms with E-state index in [2.05, 4.69) is 218 Å². The Labute approximate surface area is 553 Å². The van der Waals surface area contributed by atoms with Crippen LogP contribution in [0, 0.1) is 24.8 Å². The number of carbonyl (C=O) groups excluding carboxylic acids is 1. The molecule has 0 spiro atoms. The van der Waals surface area contributed by atoms with Gasteiger partial charge in [-0.1, -0.05) is 238 Å². The van der Waals surface area contributed by atoms with Gasteiger partial charge >= 0.3 is 5.97 Å². The number of ether oxygens (including phenoxy) is 1. The highest BCUT2D eigenvalue weighted by molar-refractivity contribution is 6.10. The number of nitriles is 1. The normalized spacial score (nSPS) is 13.7. The van der Waals surface area contributed by atoms with Crippen LogP contribution in [0.4, 0.5) is 17.1 Å². The maximum Gasteiger partial charge on any atom is 0.333 e. The van der Waals surface area contributed by atoms with Gasteiger partial charge < -0.3 is 19.3 Å². The highest BCUT2D eigenvalue weighted by atomic mass is 16.5. The van der Waals surface area contributed by atoms with Crippen LogP contribution in [0.15, 0.2) is 200 Å². The molecule has 0 aliphatic heterocycles. The van der Waals surface area contributed by atoms with Crippen LogP contribution >= 0.6 is 0 Å². The van der Waals surface area contributed by atoms with Gasteiger partial charge in [0.1, 0.15) is 6.07 Å². The summed E-state index contributed by atoms with van der Waals surface area (Å²) in [5.74, 6) is -0.647. The number of benzene rings is 8. The topological polar surface area (TPSA) is 99.9 Å². The molecule has 8 nitrogen and oxygen atoms in total. The second kappa shape index (κ2) is 32.9. The predicted octanol–water partition coefficient (Wildman–Crippen LogP) is 23.9. The highest BCUT2D eigenvalue weighted by Crippen LogP contribution is 2.55. The number of carboxylic acids is 1. The third-order valence-corrected chi connectivity index (χ3v) is 19.3. The van der Waals surface area contributed by atoms with Crippen LogP contribution in [-0.2, 0) is 26.2 Å². The molecule has 1 atom stereocenters. The maximum atomic E-state index is 11.3. The van der Waals surface area contributed by atoms with E-state index < -0.39 is 5.97 Å². The fourth-order valence-electron chi connectivity index (χ4n) is 14.2. The molecule has 476 valence electrons. The number of carbonyl (C=O) groups is 2. The number of para-hydroxylation sites is 1. The largest absolute Gasteiger partial charge is 0.486 e. The van der Waals surface area contributed by atoms with Gasteiger partial charge in [0, 0.05) is 38.9 Å². The molecule has 0 amide bonds. The van der Waals surface area contributed by atoms with Crippen molar-refractivity contribution in [3.8, 4) is 45.1 Å². The Kier molecular flexibility index (Phi) is 23.6. The fraction of sp³-hybridized carbons (Fsp3) is 0.341. The van der Waals surface area contributed by atoms with E-state index in [1.165, 1.54) is 134 Å². The molecule has 0 fully saturated rings. The Hall–Kier alpha value is -9.24. The molecule has 0 saturated heterocycles. The average Bonchev–Trinajstić information content (AvgIpc) is 1.58. The lowest BCUT2D eigenvalue weighted by Gasteiger charge is -2.33. The first-order valence-electron chi connectivity index (χ1n) is 34.5. The first kappa shape index (κ1) is 66.7. The molecule has 1 aromatic heterocycles. The smallest absolute Gasteiger partial charge is 0.333 e. The number of aliphatic carboxylic acids is 1. The Balaban J connectivity index is 0.896. The lowest BCUT2D eigenvalue weighted by Crippen LogP contribution is -2.25. The number of carboxylic acid groups (broad SMARTS) is 1. The molecule has 10 rings (SSSR count). The molecule has 8 heteroatoms. The van der Waals surface area contributed by atoms with E-state index in [4.69, 9.17) is 11.3 Å². The Morgan fingerprint density at radius 2 is 1.11 bits per heavy atom. The monoisotopic (exact) mass is 1230 g/mol. The fourth-order valence-corrected chi connectivity index (χ4v) is 14.2. The zero-order chi connectivity index (χ0) is 64.9. The summed E-state index contributed by atoms with van der Waals surface area (Å²) in [6.07, 6.45) is 28.5. The van der Waals surface area contributed by atoms with Crippen molar-refractivity contribution in [1.29, 1.82) is 5.26 Å². The van der Waals surface area contributed by atoms with Gasteiger partial charge in [-0.15, -0.1) is 0 Å². The van der Waals surface area contributed by atoms with Gasteiger partial charge in [0.05, 0.1) is 17.6 Å². The van der Waals surface area contributed by atoms with Crippen LogP contribution in [0.1, 0.15) is 196 Å². The Bertz CT molecular complexity index is 4120. The van der Waals surface area contributed by atoms with Gasteiger partial charge in [-0.2, -0.15) is 5.26 Å². The summed E-state index contributed by atoms with van der Waals surface area (Å²) in [6, 6.07) is 68.7. The molecule has 1 aliphatic carbocycles. The first-order valence-corrected chi connectivity index (χ1v) is 34.5. The van der Waals surface area contributed by atoms with Gasteiger partial charge in [0.25, 0.3) is 12.2 Å². The van der Waals surface area contributed by atoms with E-state index in [1.807, 2.05) is 6.07 Å². The summed E-state index contributed by atoms with van der Waals surface area (Å²) in [4.78, 5) is 27.5. The molecule has 0 saturated carbocycles. The van der Waals surface area contributed by atoms with Crippen molar-refractivity contribution in [2.24, 2.45) is 0 Å². The number of unbranched alkanes of at least 4 members (excludes halogenated alkanes) is 17. The summed E-state index contributed by atoms with van der Waals surface area (Å²) < 4.78 is 7.17. The lowest BCUT2D eigenvalue weighted by molar-refractivity contribution is -0.132. The van der Waals surface area contributed by atoms with Crippen molar-refractivity contribution in [3.05, 3.63) is 239 Å². The summed E-state index contributed by atoms with van der Waals surface area (Å²) in [7, 11) is 0. The number of nitrogens with zero attached hydrogens (tertiary/aromatic N) is 4. The van der Waals surface area contributed by atoms with Gasteiger partial charge in [-0.25, -0.2) is 4.85 Å². The Morgan fingerprint density at radius 3 is 1.69 bits per heavy atom. The number of hydrogen-bond donors (Lipinski definition) is 1. The van der Waals surface area contributed by atoms with E-state index in [0.29, 0.717) is 18.8 Å². The van der Waals surface area contributed by atoms with Crippen molar-refractivity contribution in [1.82, 2.24) is 4.57 Å². The van der Waals surface area contributed by atoms with E-state index >= 15 is 0 Å². The molecule has 1 heterocycles. The molecule has 0 bridgehead atoms. The molecule has 1 unspecified atom stereocenters. The molecule has 93 heavy (non-hydrogen) atoms. The summed E-state index contributed by atoms with van der Waals surface area (Å²) in [6.45, 7) is 16.5. The third-order valence-electron chi connectivity index (χ3n) is 19.3.